The Labute approximate surface area is 146 Å². The minimum absolute atomic E-state index is 0.671. The largest absolute Gasteiger partial charge is 0.383 e. The van der Waals surface area contributed by atoms with Gasteiger partial charge in [-0.1, -0.05) is 24.3 Å². The maximum Gasteiger partial charge on any atom is 0.172 e. The van der Waals surface area contributed by atoms with Crippen molar-refractivity contribution >= 4 is 11.6 Å². The highest BCUT2D eigenvalue weighted by molar-refractivity contribution is 5.71. The normalized spacial score (nSPS) is 13.4. The number of hydrogen-bond acceptors (Lipinski definition) is 6. The molecule has 128 valence electrons. The van der Waals surface area contributed by atoms with Crippen molar-refractivity contribution in [3.05, 3.63) is 42.7 Å². The van der Waals surface area contributed by atoms with Crippen molar-refractivity contribution in [3.8, 4) is 22.5 Å². The second kappa shape index (κ2) is 6.90. The fourth-order valence-corrected chi connectivity index (χ4v) is 2.94. The third kappa shape index (κ3) is 3.18. The lowest BCUT2D eigenvalue weighted by atomic mass is 10.1. The molecule has 0 bridgehead atoms. The van der Waals surface area contributed by atoms with Crippen LogP contribution in [0.2, 0.25) is 0 Å². The van der Waals surface area contributed by atoms with Crippen molar-refractivity contribution in [1.29, 1.82) is 0 Å². The Hall–Kier alpha value is -2.93. The number of rotatable bonds is 5. The Balaban J connectivity index is 1.62. The molecule has 1 aliphatic heterocycles. The van der Waals surface area contributed by atoms with Gasteiger partial charge in [0, 0.05) is 38.5 Å². The summed E-state index contributed by atoms with van der Waals surface area (Å²) >= 11 is 0. The van der Waals surface area contributed by atoms with Crippen molar-refractivity contribution in [2.75, 3.05) is 43.6 Å². The number of nitrogens with one attached hydrogen (secondary N) is 2. The van der Waals surface area contributed by atoms with Crippen LogP contribution in [0.15, 0.2) is 42.7 Å². The average molecular weight is 336 g/mol. The zero-order valence-corrected chi connectivity index (χ0v) is 14.1. The average Bonchev–Trinajstić information content (AvgIpc) is 3.21. The summed E-state index contributed by atoms with van der Waals surface area (Å²) in [5.74, 6) is 1.72. The molecule has 4 rings (SSSR count). The predicted molar refractivity (Wildman–Crippen MR) is 97.6 cm³/mol. The van der Waals surface area contributed by atoms with Crippen LogP contribution in [0.25, 0.3) is 22.5 Å². The van der Waals surface area contributed by atoms with Crippen LogP contribution in [0.3, 0.4) is 0 Å². The summed E-state index contributed by atoms with van der Waals surface area (Å²) in [6, 6.07) is 10.2. The number of H-pyrrole nitrogens is 1. The quantitative estimate of drug-likeness (QED) is 0.745. The third-order valence-electron chi connectivity index (χ3n) is 4.29. The molecule has 2 aromatic heterocycles. The number of anilines is 2. The van der Waals surface area contributed by atoms with E-state index < -0.39 is 0 Å². The number of aromatic amines is 1. The zero-order chi connectivity index (χ0) is 17.1. The number of benzene rings is 1. The van der Waals surface area contributed by atoms with Gasteiger partial charge in [-0.05, 0) is 11.6 Å². The molecule has 3 aromatic rings. The topological polar surface area (TPSA) is 79.0 Å². The maximum atomic E-state index is 5.20. The van der Waals surface area contributed by atoms with Crippen molar-refractivity contribution < 1.29 is 4.74 Å². The summed E-state index contributed by atoms with van der Waals surface area (Å²) in [6.07, 6.45) is 3.57. The van der Waals surface area contributed by atoms with Crippen LogP contribution in [-0.4, -0.2) is 53.5 Å². The lowest BCUT2D eigenvalue weighted by Gasteiger charge is -2.30. The minimum Gasteiger partial charge on any atom is -0.383 e. The predicted octanol–water partition coefficient (Wildman–Crippen LogP) is 2.41. The molecule has 0 aliphatic carbocycles. The van der Waals surface area contributed by atoms with Gasteiger partial charge < -0.3 is 15.0 Å². The highest BCUT2D eigenvalue weighted by Crippen LogP contribution is 2.28. The van der Waals surface area contributed by atoms with Crippen LogP contribution in [-0.2, 0) is 4.74 Å². The summed E-state index contributed by atoms with van der Waals surface area (Å²) in [5, 5.41) is 10.3. The Kier molecular flexibility index (Phi) is 4.30. The first-order valence-corrected chi connectivity index (χ1v) is 8.30. The Morgan fingerprint density at radius 1 is 1.16 bits per heavy atom. The summed E-state index contributed by atoms with van der Waals surface area (Å²) < 4.78 is 5.20. The first kappa shape index (κ1) is 15.6. The molecule has 7 nitrogen and oxygen atoms in total. The van der Waals surface area contributed by atoms with Gasteiger partial charge in [-0.2, -0.15) is 5.10 Å². The molecular weight excluding hydrogens is 316 g/mol. The lowest BCUT2D eigenvalue weighted by molar-refractivity contribution is 0.205. The molecule has 1 aromatic carbocycles. The van der Waals surface area contributed by atoms with Crippen LogP contribution in [0.5, 0.6) is 0 Å². The van der Waals surface area contributed by atoms with Gasteiger partial charge in [-0.25, -0.2) is 9.97 Å². The number of ether oxygens (including phenoxy) is 1. The lowest BCUT2D eigenvalue weighted by Crippen LogP contribution is -2.37. The molecule has 0 spiro atoms. The van der Waals surface area contributed by atoms with Gasteiger partial charge in [0.25, 0.3) is 0 Å². The van der Waals surface area contributed by atoms with E-state index in [-0.39, 0.29) is 0 Å². The molecule has 0 saturated heterocycles. The highest BCUT2D eigenvalue weighted by atomic mass is 16.5. The number of aromatic nitrogens is 4. The highest BCUT2D eigenvalue weighted by Gasteiger charge is 2.19. The van der Waals surface area contributed by atoms with Crippen LogP contribution in [0, 0.1) is 0 Å². The second-order valence-corrected chi connectivity index (χ2v) is 5.88. The Morgan fingerprint density at radius 2 is 2.00 bits per heavy atom. The van der Waals surface area contributed by atoms with E-state index in [9.17, 15) is 0 Å². The van der Waals surface area contributed by atoms with Gasteiger partial charge in [-0.15, -0.1) is 0 Å². The maximum absolute atomic E-state index is 5.20. The van der Waals surface area contributed by atoms with Crippen molar-refractivity contribution in [3.63, 3.8) is 0 Å². The van der Waals surface area contributed by atoms with Gasteiger partial charge in [0.2, 0.25) is 0 Å². The standard InChI is InChI=1S/C18H20N6O/c1-25-11-10-24-9-8-19-17-18(24)22-16(12-20-17)14-4-2-13(3-5-14)15-6-7-21-23-15/h2-7,12H,8-11H2,1H3,(H,19,20)(H,21,23). The van der Waals surface area contributed by atoms with E-state index in [2.05, 4.69) is 49.7 Å². The van der Waals surface area contributed by atoms with E-state index in [1.165, 1.54) is 0 Å². The molecule has 0 amide bonds. The first-order valence-electron chi connectivity index (χ1n) is 8.30. The summed E-state index contributed by atoms with van der Waals surface area (Å²) in [5.41, 5.74) is 3.99. The molecule has 0 unspecified atom stereocenters. The number of methoxy groups -OCH3 is 1. The summed E-state index contributed by atoms with van der Waals surface area (Å²) in [4.78, 5) is 11.6. The number of fused-ring (bicyclic) bond motifs is 1. The zero-order valence-electron chi connectivity index (χ0n) is 14.1. The van der Waals surface area contributed by atoms with E-state index in [0.717, 1.165) is 53.8 Å². The molecule has 0 fully saturated rings. The van der Waals surface area contributed by atoms with E-state index in [4.69, 9.17) is 9.72 Å². The first-order chi connectivity index (χ1) is 12.3. The molecule has 0 radical (unpaired) electrons. The molecule has 1 aliphatic rings. The van der Waals surface area contributed by atoms with Crippen LogP contribution in [0.1, 0.15) is 0 Å². The monoisotopic (exact) mass is 336 g/mol. The van der Waals surface area contributed by atoms with Crippen molar-refractivity contribution in [2.45, 2.75) is 0 Å². The molecule has 3 heterocycles. The Bertz CT molecular complexity index is 831. The van der Waals surface area contributed by atoms with E-state index in [1.807, 2.05) is 12.3 Å². The number of hydrogen-bond donors (Lipinski definition) is 2. The van der Waals surface area contributed by atoms with Gasteiger partial charge in [0.05, 0.1) is 24.2 Å². The van der Waals surface area contributed by atoms with E-state index >= 15 is 0 Å². The fourth-order valence-electron chi connectivity index (χ4n) is 2.94. The van der Waals surface area contributed by atoms with E-state index in [1.54, 1.807) is 13.3 Å². The minimum atomic E-state index is 0.671. The molecule has 25 heavy (non-hydrogen) atoms. The summed E-state index contributed by atoms with van der Waals surface area (Å²) in [7, 11) is 1.71. The summed E-state index contributed by atoms with van der Waals surface area (Å²) in [6.45, 7) is 3.24. The van der Waals surface area contributed by atoms with Gasteiger partial charge in [0.15, 0.2) is 11.6 Å². The van der Waals surface area contributed by atoms with E-state index in [0.29, 0.717) is 6.61 Å². The van der Waals surface area contributed by atoms with Crippen molar-refractivity contribution in [1.82, 2.24) is 20.2 Å². The molecule has 7 heteroatoms. The van der Waals surface area contributed by atoms with Crippen LogP contribution < -0.4 is 10.2 Å². The van der Waals surface area contributed by atoms with Crippen molar-refractivity contribution in [2.24, 2.45) is 0 Å². The SMILES string of the molecule is COCCN1CCNc2ncc(-c3ccc(-c4ccn[nH]4)cc3)nc21. The smallest absolute Gasteiger partial charge is 0.172 e. The fraction of sp³-hybridized carbons (Fsp3) is 0.278. The second-order valence-electron chi connectivity index (χ2n) is 5.88. The Morgan fingerprint density at radius 3 is 2.76 bits per heavy atom. The molecular formula is C18H20N6O. The number of nitrogens with zero attached hydrogens (tertiary/aromatic N) is 4. The van der Waals surface area contributed by atoms with Crippen LogP contribution in [0.4, 0.5) is 11.6 Å². The molecule has 0 saturated carbocycles. The molecule has 2 N–H and O–H groups in total. The van der Waals surface area contributed by atoms with Gasteiger partial charge >= 0.3 is 0 Å². The van der Waals surface area contributed by atoms with Gasteiger partial charge in [-0.3, -0.25) is 5.10 Å². The third-order valence-corrected chi connectivity index (χ3v) is 4.29. The molecule has 0 atom stereocenters. The van der Waals surface area contributed by atoms with Crippen LogP contribution >= 0.6 is 0 Å². The van der Waals surface area contributed by atoms with Gasteiger partial charge in [0.1, 0.15) is 0 Å².